The number of aliphatic carboxylic acids is 1. The number of hydrogen-bond acceptors (Lipinski definition) is 6. The molecule has 11 heteroatoms. The standard InChI is InChI=1S/C10H10N2O7S2/c1-4-2-5-6-3-11(7(9(13)14)8(5)20-4)10(15)12(6)19-21(16,17)18/h2,6-7H,3H2,1H3,(H,13,14)(H,16,17,18). The molecule has 2 bridgehead atoms. The van der Waals surface area contributed by atoms with Crippen molar-refractivity contribution >= 4 is 33.7 Å². The minimum atomic E-state index is -4.88. The second-order valence-corrected chi connectivity index (χ2v) is 6.99. The van der Waals surface area contributed by atoms with Crippen molar-refractivity contribution in [2.24, 2.45) is 0 Å². The van der Waals surface area contributed by atoms with Crippen molar-refractivity contribution in [1.82, 2.24) is 9.96 Å². The predicted molar refractivity (Wildman–Crippen MR) is 68.7 cm³/mol. The Balaban J connectivity index is 2.11. The van der Waals surface area contributed by atoms with E-state index in [2.05, 4.69) is 4.28 Å². The number of fused-ring (bicyclic) bond motifs is 4. The van der Waals surface area contributed by atoms with Gasteiger partial charge in [-0.25, -0.2) is 9.59 Å². The summed E-state index contributed by atoms with van der Waals surface area (Å²) in [7, 11) is -4.88. The molecule has 1 aromatic rings. The van der Waals surface area contributed by atoms with Crippen molar-refractivity contribution in [3.05, 3.63) is 21.4 Å². The van der Waals surface area contributed by atoms with Crippen LogP contribution in [0.2, 0.25) is 0 Å². The quantitative estimate of drug-likeness (QED) is 0.780. The van der Waals surface area contributed by atoms with Crippen LogP contribution in [0.4, 0.5) is 4.79 Å². The molecule has 0 aromatic carbocycles. The minimum absolute atomic E-state index is 0.0194. The third-order valence-corrected chi connectivity index (χ3v) is 4.80. The molecule has 2 amide bonds. The highest BCUT2D eigenvalue weighted by Crippen LogP contribution is 2.47. The predicted octanol–water partition coefficient (Wildman–Crippen LogP) is 0.709. The first-order chi connectivity index (χ1) is 9.69. The fourth-order valence-electron chi connectivity index (χ4n) is 2.64. The molecular weight excluding hydrogens is 324 g/mol. The van der Waals surface area contributed by atoms with Crippen LogP contribution in [0.3, 0.4) is 0 Å². The first kappa shape index (κ1) is 14.3. The molecule has 0 radical (unpaired) electrons. The molecule has 114 valence electrons. The summed E-state index contributed by atoms with van der Waals surface area (Å²) < 4.78 is 34.8. The van der Waals surface area contributed by atoms with Crippen molar-refractivity contribution in [3.63, 3.8) is 0 Å². The molecule has 2 N–H and O–H groups in total. The molecule has 0 spiro atoms. The Kier molecular flexibility index (Phi) is 2.99. The van der Waals surface area contributed by atoms with Gasteiger partial charge in [0.15, 0.2) is 6.04 Å². The van der Waals surface area contributed by atoms with Gasteiger partial charge in [-0.2, -0.15) is 13.5 Å². The van der Waals surface area contributed by atoms with Gasteiger partial charge in [0.05, 0.1) is 6.54 Å². The number of carboxylic acid groups (broad SMARTS) is 1. The van der Waals surface area contributed by atoms with Gasteiger partial charge in [0, 0.05) is 9.75 Å². The van der Waals surface area contributed by atoms with Gasteiger partial charge in [-0.05, 0) is 18.6 Å². The average molecular weight is 334 g/mol. The molecule has 9 nitrogen and oxygen atoms in total. The van der Waals surface area contributed by atoms with Crippen molar-refractivity contribution in [3.8, 4) is 0 Å². The first-order valence-electron chi connectivity index (χ1n) is 5.79. The van der Waals surface area contributed by atoms with Crippen LogP contribution in [0.1, 0.15) is 27.4 Å². The number of nitrogens with zero attached hydrogens (tertiary/aromatic N) is 2. The summed E-state index contributed by atoms with van der Waals surface area (Å²) in [5.41, 5.74) is 0.524. The highest BCUT2D eigenvalue weighted by Gasteiger charge is 2.53. The van der Waals surface area contributed by atoms with Gasteiger partial charge >= 0.3 is 22.4 Å². The molecule has 0 aliphatic carbocycles. The number of carbonyl (C=O) groups excluding carboxylic acids is 1. The molecule has 0 saturated carbocycles. The Hall–Kier alpha value is -1.69. The molecular formula is C10H10N2O7S2. The number of aryl methyl sites for hydroxylation is 1. The van der Waals surface area contributed by atoms with E-state index in [-0.39, 0.29) is 6.54 Å². The fraction of sp³-hybridized carbons (Fsp3) is 0.400. The summed E-state index contributed by atoms with van der Waals surface area (Å²) in [5, 5.41) is 9.84. The maximum absolute atomic E-state index is 12.1. The zero-order chi connectivity index (χ0) is 15.5. The lowest BCUT2D eigenvalue weighted by Crippen LogP contribution is -2.38. The highest BCUT2D eigenvalue weighted by molar-refractivity contribution is 7.80. The second-order valence-electron chi connectivity index (χ2n) is 4.70. The summed E-state index contributed by atoms with van der Waals surface area (Å²) in [6, 6.07) is -1.17. The van der Waals surface area contributed by atoms with Crippen molar-refractivity contribution in [2.45, 2.75) is 19.0 Å². The van der Waals surface area contributed by atoms with Crippen LogP contribution < -0.4 is 0 Å². The van der Waals surface area contributed by atoms with Gasteiger partial charge in [0.25, 0.3) is 0 Å². The molecule has 1 aromatic heterocycles. The van der Waals surface area contributed by atoms with Gasteiger partial charge in [-0.1, -0.05) is 0 Å². The lowest BCUT2D eigenvalue weighted by Gasteiger charge is -2.27. The van der Waals surface area contributed by atoms with Gasteiger partial charge in [-0.15, -0.1) is 15.6 Å². The summed E-state index contributed by atoms with van der Waals surface area (Å²) >= 11 is 1.23. The number of hydrogen-bond donors (Lipinski definition) is 2. The Bertz CT molecular complexity index is 741. The normalized spacial score (nSPS) is 24.4. The lowest BCUT2D eigenvalue weighted by atomic mass is 9.99. The maximum atomic E-state index is 12.1. The van der Waals surface area contributed by atoms with E-state index >= 15 is 0 Å². The van der Waals surface area contributed by atoms with E-state index in [1.807, 2.05) is 0 Å². The van der Waals surface area contributed by atoms with Crippen LogP contribution in [0.5, 0.6) is 0 Å². The first-order valence-corrected chi connectivity index (χ1v) is 7.97. The van der Waals surface area contributed by atoms with Crippen LogP contribution >= 0.6 is 11.3 Å². The Labute approximate surface area is 123 Å². The molecule has 2 aliphatic heterocycles. The molecule has 3 rings (SSSR count). The topological polar surface area (TPSA) is 124 Å². The third kappa shape index (κ3) is 2.18. The van der Waals surface area contributed by atoms with Gasteiger partial charge in [-0.3, -0.25) is 4.55 Å². The van der Waals surface area contributed by atoms with E-state index in [1.165, 1.54) is 11.3 Å². The molecule has 21 heavy (non-hydrogen) atoms. The van der Waals surface area contributed by atoms with Crippen LogP contribution in [0.15, 0.2) is 6.07 Å². The molecule has 1 fully saturated rings. The van der Waals surface area contributed by atoms with E-state index in [0.717, 1.165) is 9.78 Å². The van der Waals surface area contributed by atoms with Crippen molar-refractivity contribution in [1.29, 1.82) is 0 Å². The van der Waals surface area contributed by atoms with Crippen molar-refractivity contribution in [2.75, 3.05) is 6.54 Å². The number of carboxylic acids is 1. The largest absolute Gasteiger partial charge is 0.479 e. The van der Waals surface area contributed by atoms with Crippen molar-refractivity contribution < 1.29 is 31.9 Å². The number of amides is 2. The molecule has 2 aliphatic rings. The Morgan fingerprint density at radius 3 is 2.76 bits per heavy atom. The number of urea groups is 1. The van der Waals surface area contributed by atoms with Crippen LogP contribution in [0.25, 0.3) is 0 Å². The van der Waals surface area contributed by atoms with Gasteiger partial charge < -0.3 is 10.0 Å². The fourth-order valence-corrected chi connectivity index (χ4v) is 4.19. The number of rotatable bonds is 3. The molecule has 1 saturated heterocycles. The van der Waals surface area contributed by atoms with Gasteiger partial charge in [0.1, 0.15) is 6.04 Å². The summed E-state index contributed by atoms with van der Waals surface area (Å²) in [5.74, 6) is -1.21. The van der Waals surface area contributed by atoms with E-state index in [0.29, 0.717) is 15.5 Å². The molecule has 2 atom stereocenters. The van der Waals surface area contributed by atoms with E-state index in [1.54, 1.807) is 13.0 Å². The SMILES string of the molecule is Cc1cc2c(s1)C(C(=O)O)N1CC2N(OS(=O)(=O)O)C1=O. The zero-order valence-electron chi connectivity index (χ0n) is 10.6. The monoisotopic (exact) mass is 334 g/mol. The summed E-state index contributed by atoms with van der Waals surface area (Å²) in [6.45, 7) is 1.76. The van der Waals surface area contributed by atoms with Crippen LogP contribution in [0, 0.1) is 6.92 Å². The second kappa shape index (κ2) is 4.40. The molecule has 2 unspecified atom stereocenters. The zero-order valence-corrected chi connectivity index (χ0v) is 12.2. The molecule has 3 heterocycles. The minimum Gasteiger partial charge on any atom is -0.479 e. The summed E-state index contributed by atoms with van der Waals surface area (Å²) in [6.07, 6.45) is 0. The highest BCUT2D eigenvalue weighted by atomic mass is 32.3. The smallest absolute Gasteiger partial charge is 0.418 e. The summed E-state index contributed by atoms with van der Waals surface area (Å²) in [4.78, 5) is 25.9. The Morgan fingerprint density at radius 1 is 1.52 bits per heavy atom. The van der Waals surface area contributed by atoms with E-state index in [9.17, 15) is 23.1 Å². The average Bonchev–Trinajstić information content (AvgIpc) is 2.82. The number of hydroxylamine groups is 2. The van der Waals surface area contributed by atoms with E-state index < -0.39 is 34.5 Å². The van der Waals surface area contributed by atoms with Crippen LogP contribution in [-0.4, -0.2) is 46.6 Å². The number of thiophene rings is 1. The van der Waals surface area contributed by atoms with E-state index in [4.69, 9.17) is 4.55 Å². The lowest BCUT2D eigenvalue weighted by molar-refractivity contribution is -0.142. The third-order valence-electron chi connectivity index (χ3n) is 3.33. The maximum Gasteiger partial charge on any atom is 0.418 e. The Morgan fingerprint density at radius 2 is 2.19 bits per heavy atom. The van der Waals surface area contributed by atoms with Crippen LogP contribution in [-0.2, 0) is 19.5 Å². The number of carbonyl (C=O) groups is 2. The van der Waals surface area contributed by atoms with Gasteiger partial charge in [0.2, 0.25) is 0 Å².